The van der Waals surface area contributed by atoms with Crippen LogP contribution in [-0.2, 0) is 10.3 Å². The van der Waals surface area contributed by atoms with Gasteiger partial charge >= 0.3 is 5.97 Å². The maximum Gasteiger partial charge on any atom is 0.328 e. The number of carboxylic acid groups (broad SMARTS) is 1. The van der Waals surface area contributed by atoms with Gasteiger partial charge in [0, 0.05) is 13.1 Å². The molecule has 0 radical (unpaired) electrons. The fourth-order valence-electron chi connectivity index (χ4n) is 3.23. The lowest BCUT2D eigenvalue weighted by Crippen LogP contribution is -2.54. The quantitative estimate of drug-likeness (QED) is 0.909. The molecule has 1 aliphatic rings. The molecule has 104 valence electrons. The van der Waals surface area contributed by atoms with Crippen molar-refractivity contribution < 1.29 is 9.90 Å². The first-order chi connectivity index (χ1) is 8.94. The molecule has 0 unspecified atom stereocenters. The van der Waals surface area contributed by atoms with Crippen molar-refractivity contribution in [1.29, 1.82) is 0 Å². The normalized spacial score (nSPS) is 27.7. The molecule has 1 aromatic carbocycles. The Bertz CT molecular complexity index is 435. The van der Waals surface area contributed by atoms with E-state index in [1.165, 1.54) is 6.42 Å². The molecule has 1 heterocycles. The summed E-state index contributed by atoms with van der Waals surface area (Å²) in [7, 11) is 0. The van der Waals surface area contributed by atoms with Gasteiger partial charge in [0.05, 0.1) is 0 Å². The number of aliphatic carboxylic acids is 1. The van der Waals surface area contributed by atoms with Gasteiger partial charge in [-0.3, -0.25) is 4.90 Å². The van der Waals surface area contributed by atoms with Crippen molar-refractivity contribution in [2.75, 3.05) is 13.1 Å². The van der Waals surface area contributed by atoms with Gasteiger partial charge in [0.25, 0.3) is 0 Å². The fraction of sp³-hybridized carbons (Fsp3) is 0.562. The summed E-state index contributed by atoms with van der Waals surface area (Å²) >= 11 is 0. The van der Waals surface area contributed by atoms with Crippen molar-refractivity contribution in [3.63, 3.8) is 0 Å². The molecule has 1 saturated heterocycles. The molecule has 3 nitrogen and oxygen atoms in total. The van der Waals surface area contributed by atoms with Gasteiger partial charge in [-0.25, -0.2) is 4.79 Å². The minimum Gasteiger partial charge on any atom is -0.480 e. The largest absolute Gasteiger partial charge is 0.480 e. The number of nitrogens with zero attached hydrogens (tertiary/aromatic N) is 1. The van der Waals surface area contributed by atoms with Crippen molar-refractivity contribution in [1.82, 2.24) is 4.90 Å². The Morgan fingerprint density at radius 3 is 2.21 bits per heavy atom. The first-order valence-electron chi connectivity index (χ1n) is 6.98. The predicted molar refractivity (Wildman–Crippen MR) is 75.9 cm³/mol. The summed E-state index contributed by atoms with van der Waals surface area (Å²) in [6.45, 7) is 7.94. The van der Waals surface area contributed by atoms with E-state index in [0.717, 1.165) is 18.7 Å². The van der Waals surface area contributed by atoms with Gasteiger partial charge in [0.2, 0.25) is 0 Å². The number of hydrogen-bond acceptors (Lipinski definition) is 2. The Hall–Kier alpha value is -1.35. The minimum absolute atomic E-state index is 0.547. The van der Waals surface area contributed by atoms with Crippen LogP contribution in [0.3, 0.4) is 0 Å². The molecule has 1 fully saturated rings. The van der Waals surface area contributed by atoms with Crippen LogP contribution in [0.2, 0.25) is 0 Å². The Balaban J connectivity index is 2.37. The van der Waals surface area contributed by atoms with Crippen LogP contribution in [0.4, 0.5) is 0 Å². The lowest BCUT2D eigenvalue weighted by molar-refractivity contribution is -0.153. The van der Waals surface area contributed by atoms with Gasteiger partial charge in [0.1, 0.15) is 5.54 Å². The second-order valence-electron chi connectivity index (χ2n) is 6.09. The first-order valence-corrected chi connectivity index (χ1v) is 6.98. The summed E-state index contributed by atoms with van der Waals surface area (Å²) in [5, 5.41) is 9.77. The maximum absolute atomic E-state index is 11.9. The third kappa shape index (κ3) is 2.66. The van der Waals surface area contributed by atoms with Crippen LogP contribution < -0.4 is 0 Å². The van der Waals surface area contributed by atoms with Gasteiger partial charge < -0.3 is 5.11 Å². The minimum atomic E-state index is -0.926. The summed E-state index contributed by atoms with van der Waals surface area (Å²) in [6, 6.07) is 9.57. The zero-order valence-electron chi connectivity index (χ0n) is 12.0. The molecule has 1 N–H and O–H groups in total. The Morgan fingerprint density at radius 1 is 1.21 bits per heavy atom. The van der Waals surface area contributed by atoms with Crippen LogP contribution >= 0.6 is 0 Å². The summed E-state index contributed by atoms with van der Waals surface area (Å²) in [6.07, 6.45) is 1.18. The number of carbonyl (C=O) groups is 1. The van der Waals surface area contributed by atoms with Gasteiger partial charge in [-0.1, -0.05) is 44.2 Å². The molecule has 1 aliphatic heterocycles. The summed E-state index contributed by atoms with van der Waals surface area (Å²) < 4.78 is 0. The third-order valence-corrected chi connectivity index (χ3v) is 4.25. The molecule has 0 aliphatic carbocycles. The van der Waals surface area contributed by atoms with E-state index in [1.54, 1.807) is 0 Å². The molecule has 0 spiro atoms. The molecule has 0 bridgehead atoms. The second kappa shape index (κ2) is 5.33. The van der Waals surface area contributed by atoms with Crippen LogP contribution in [0.25, 0.3) is 0 Å². The molecular formula is C16H23NO2. The number of likely N-dealkylation sites (tertiary alicyclic amines) is 1. The first kappa shape index (κ1) is 14.1. The van der Waals surface area contributed by atoms with Crippen LogP contribution in [0.5, 0.6) is 0 Å². The highest BCUT2D eigenvalue weighted by atomic mass is 16.4. The van der Waals surface area contributed by atoms with Crippen molar-refractivity contribution in [2.45, 2.75) is 32.7 Å². The van der Waals surface area contributed by atoms with E-state index in [1.807, 2.05) is 37.3 Å². The molecule has 0 amide bonds. The Morgan fingerprint density at radius 2 is 1.74 bits per heavy atom. The van der Waals surface area contributed by atoms with Crippen molar-refractivity contribution >= 4 is 5.97 Å². The average Bonchev–Trinajstić information content (AvgIpc) is 2.37. The molecule has 19 heavy (non-hydrogen) atoms. The lowest BCUT2D eigenvalue weighted by atomic mass is 9.83. The van der Waals surface area contributed by atoms with Crippen LogP contribution in [0, 0.1) is 11.8 Å². The summed E-state index contributed by atoms with van der Waals surface area (Å²) in [5.41, 5.74) is -0.0618. The van der Waals surface area contributed by atoms with Crippen LogP contribution in [-0.4, -0.2) is 29.1 Å². The zero-order valence-corrected chi connectivity index (χ0v) is 12.0. The fourth-order valence-corrected chi connectivity index (χ4v) is 3.23. The van der Waals surface area contributed by atoms with E-state index in [-0.39, 0.29) is 0 Å². The van der Waals surface area contributed by atoms with E-state index in [2.05, 4.69) is 18.7 Å². The van der Waals surface area contributed by atoms with Crippen molar-refractivity contribution in [2.24, 2.45) is 11.8 Å². The molecule has 3 heteroatoms. The number of benzene rings is 1. The van der Waals surface area contributed by atoms with Gasteiger partial charge in [-0.15, -0.1) is 0 Å². The molecule has 0 saturated carbocycles. The van der Waals surface area contributed by atoms with Gasteiger partial charge in [-0.05, 0) is 30.7 Å². The number of piperidine rings is 1. The third-order valence-electron chi connectivity index (χ3n) is 4.25. The smallest absolute Gasteiger partial charge is 0.328 e. The van der Waals surface area contributed by atoms with Crippen molar-refractivity contribution in [3.05, 3.63) is 35.9 Å². The average molecular weight is 261 g/mol. The molecule has 0 aromatic heterocycles. The second-order valence-corrected chi connectivity index (χ2v) is 6.09. The van der Waals surface area contributed by atoms with E-state index in [4.69, 9.17) is 0 Å². The Labute approximate surface area is 115 Å². The SMILES string of the molecule is C[C@@H]1C[C@@H](C)CN([C@@](C)(C(=O)O)c2ccccc2)C1. The Kier molecular flexibility index (Phi) is 3.95. The summed E-state index contributed by atoms with van der Waals surface area (Å²) in [5.74, 6) is 0.331. The number of hydrogen-bond donors (Lipinski definition) is 1. The van der Waals surface area contributed by atoms with Crippen LogP contribution in [0.1, 0.15) is 32.8 Å². The van der Waals surface area contributed by atoms with Gasteiger partial charge in [-0.2, -0.15) is 0 Å². The zero-order chi connectivity index (χ0) is 14.0. The highest BCUT2D eigenvalue weighted by Gasteiger charge is 2.43. The highest BCUT2D eigenvalue weighted by molar-refractivity contribution is 5.80. The lowest BCUT2D eigenvalue weighted by Gasteiger charge is -2.44. The molecular weight excluding hydrogens is 238 g/mol. The van der Waals surface area contributed by atoms with Crippen LogP contribution in [0.15, 0.2) is 30.3 Å². The monoisotopic (exact) mass is 261 g/mol. The molecule has 3 atom stereocenters. The topological polar surface area (TPSA) is 40.5 Å². The molecule has 1 aromatic rings. The predicted octanol–water partition coefficient (Wildman–Crippen LogP) is 2.96. The van der Waals surface area contributed by atoms with E-state index >= 15 is 0 Å². The highest BCUT2D eigenvalue weighted by Crippen LogP contribution is 2.34. The number of carboxylic acids is 1. The van der Waals surface area contributed by atoms with Crippen molar-refractivity contribution in [3.8, 4) is 0 Å². The molecule has 2 rings (SSSR count). The van der Waals surface area contributed by atoms with E-state index in [0.29, 0.717) is 11.8 Å². The standard InChI is InChI=1S/C16H23NO2/c1-12-9-13(2)11-17(10-12)16(3,15(18)19)14-7-5-4-6-8-14/h4-8,12-13H,9-11H2,1-3H3,(H,18,19)/t12-,13-,16-/m1/s1. The van der Waals surface area contributed by atoms with E-state index < -0.39 is 11.5 Å². The number of rotatable bonds is 3. The summed E-state index contributed by atoms with van der Waals surface area (Å²) in [4.78, 5) is 14.0. The van der Waals surface area contributed by atoms with Gasteiger partial charge in [0.15, 0.2) is 0 Å². The van der Waals surface area contributed by atoms with E-state index in [9.17, 15) is 9.90 Å². The maximum atomic E-state index is 11.9.